The highest BCUT2D eigenvalue weighted by atomic mass is 16.5. The number of ether oxygens (including phenoxy) is 1. The summed E-state index contributed by atoms with van der Waals surface area (Å²) >= 11 is 0. The van der Waals surface area contributed by atoms with Gasteiger partial charge >= 0.3 is 0 Å². The van der Waals surface area contributed by atoms with Crippen molar-refractivity contribution < 1.29 is 9.53 Å². The molecule has 5 nitrogen and oxygen atoms in total. The summed E-state index contributed by atoms with van der Waals surface area (Å²) in [6.07, 6.45) is 4.25. The van der Waals surface area contributed by atoms with Gasteiger partial charge in [-0.05, 0) is 25.3 Å². The molecule has 1 fully saturated rings. The van der Waals surface area contributed by atoms with Crippen LogP contribution in [-0.4, -0.2) is 43.2 Å². The number of carbonyl (C=O) groups is 1. The fraction of sp³-hybridized carbons (Fsp3) is 0.857. The molecule has 0 bridgehead atoms. The summed E-state index contributed by atoms with van der Waals surface area (Å²) in [5.41, 5.74) is 5.60. The van der Waals surface area contributed by atoms with E-state index in [-0.39, 0.29) is 5.91 Å². The molecule has 5 heteroatoms. The Morgan fingerprint density at radius 3 is 2.95 bits per heavy atom. The maximum absolute atomic E-state index is 12.1. The van der Waals surface area contributed by atoms with Gasteiger partial charge in [-0.25, -0.2) is 0 Å². The Hall–Kier alpha value is -1.12. The van der Waals surface area contributed by atoms with Crippen molar-refractivity contribution in [1.29, 1.82) is 5.26 Å². The molecule has 1 amide bonds. The van der Waals surface area contributed by atoms with Crippen molar-refractivity contribution in [3.8, 4) is 6.07 Å². The maximum atomic E-state index is 12.1. The molecule has 0 aromatic rings. The number of amides is 1. The van der Waals surface area contributed by atoms with Crippen LogP contribution in [0.25, 0.3) is 0 Å². The topological polar surface area (TPSA) is 79.3 Å². The Morgan fingerprint density at radius 2 is 2.32 bits per heavy atom. The molecule has 1 rings (SSSR count). The Bertz CT molecular complexity index is 308. The highest BCUT2D eigenvalue weighted by Gasteiger charge is 2.24. The Labute approximate surface area is 115 Å². The van der Waals surface area contributed by atoms with Crippen LogP contribution >= 0.6 is 0 Å². The third kappa shape index (κ3) is 5.58. The van der Waals surface area contributed by atoms with Gasteiger partial charge in [0.1, 0.15) is 0 Å². The SMILES string of the molecule is CCCC(CCN)CCC(=O)N1CCOC(C#N)C1. The van der Waals surface area contributed by atoms with E-state index in [1.807, 2.05) is 0 Å². The fourth-order valence-corrected chi connectivity index (χ4v) is 2.52. The third-order valence-corrected chi connectivity index (χ3v) is 3.60. The maximum Gasteiger partial charge on any atom is 0.222 e. The number of morpholine rings is 1. The van der Waals surface area contributed by atoms with E-state index in [9.17, 15) is 4.79 Å². The Balaban J connectivity index is 2.35. The van der Waals surface area contributed by atoms with Crippen LogP contribution < -0.4 is 5.73 Å². The standard InChI is InChI=1S/C14H25N3O2/c1-2-3-12(6-7-15)4-5-14(18)17-8-9-19-13(10-16)11-17/h12-13H,2-9,11,15H2,1H3. The summed E-state index contributed by atoms with van der Waals surface area (Å²) in [5, 5.41) is 8.82. The first-order valence-electron chi connectivity index (χ1n) is 7.20. The zero-order valence-corrected chi connectivity index (χ0v) is 11.8. The monoisotopic (exact) mass is 267 g/mol. The van der Waals surface area contributed by atoms with E-state index in [0.717, 1.165) is 25.7 Å². The van der Waals surface area contributed by atoms with Crippen LogP contribution in [0.15, 0.2) is 0 Å². The minimum absolute atomic E-state index is 0.140. The van der Waals surface area contributed by atoms with Crippen molar-refractivity contribution in [2.24, 2.45) is 11.7 Å². The van der Waals surface area contributed by atoms with Crippen molar-refractivity contribution in [2.45, 2.75) is 45.1 Å². The van der Waals surface area contributed by atoms with Crippen molar-refractivity contribution in [3.05, 3.63) is 0 Å². The number of hydrogen-bond acceptors (Lipinski definition) is 4. The van der Waals surface area contributed by atoms with Gasteiger partial charge in [0.05, 0.1) is 19.2 Å². The van der Waals surface area contributed by atoms with E-state index in [2.05, 4.69) is 13.0 Å². The Morgan fingerprint density at radius 1 is 1.53 bits per heavy atom. The van der Waals surface area contributed by atoms with E-state index in [4.69, 9.17) is 15.7 Å². The molecular weight excluding hydrogens is 242 g/mol. The van der Waals surface area contributed by atoms with Gasteiger partial charge in [-0.3, -0.25) is 4.79 Å². The van der Waals surface area contributed by atoms with Crippen molar-refractivity contribution >= 4 is 5.91 Å². The molecule has 0 aliphatic carbocycles. The zero-order chi connectivity index (χ0) is 14.1. The second kappa shape index (κ2) is 8.89. The lowest BCUT2D eigenvalue weighted by atomic mass is 9.94. The van der Waals surface area contributed by atoms with Crippen LogP contribution in [0.2, 0.25) is 0 Å². The zero-order valence-electron chi connectivity index (χ0n) is 11.8. The molecule has 2 unspecified atom stereocenters. The number of carbonyl (C=O) groups excluding carboxylic acids is 1. The van der Waals surface area contributed by atoms with E-state index in [1.165, 1.54) is 0 Å². The predicted octanol–water partition coefficient (Wildman–Crippen LogP) is 1.28. The van der Waals surface area contributed by atoms with Crippen LogP contribution in [0.3, 0.4) is 0 Å². The first-order chi connectivity index (χ1) is 9.21. The van der Waals surface area contributed by atoms with Gasteiger partial charge in [-0.1, -0.05) is 19.8 Å². The van der Waals surface area contributed by atoms with Gasteiger partial charge in [0.2, 0.25) is 5.91 Å². The molecule has 2 N–H and O–H groups in total. The number of nitrogens with two attached hydrogens (primary N) is 1. The summed E-state index contributed by atoms with van der Waals surface area (Å²) < 4.78 is 5.24. The predicted molar refractivity (Wildman–Crippen MR) is 73.2 cm³/mol. The van der Waals surface area contributed by atoms with Gasteiger partial charge in [0, 0.05) is 13.0 Å². The summed E-state index contributed by atoms with van der Waals surface area (Å²) in [5.74, 6) is 0.688. The summed E-state index contributed by atoms with van der Waals surface area (Å²) in [7, 11) is 0. The number of nitrogens with zero attached hydrogens (tertiary/aromatic N) is 2. The summed E-state index contributed by atoms with van der Waals surface area (Å²) in [4.78, 5) is 13.9. The number of nitriles is 1. The van der Waals surface area contributed by atoms with Gasteiger partial charge in [-0.15, -0.1) is 0 Å². The van der Waals surface area contributed by atoms with Crippen molar-refractivity contribution in [3.63, 3.8) is 0 Å². The first-order valence-corrected chi connectivity index (χ1v) is 7.20. The van der Waals surface area contributed by atoms with E-state index in [1.54, 1.807) is 4.90 Å². The molecule has 0 radical (unpaired) electrons. The molecular formula is C14H25N3O2. The van der Waals surface area contributed by atoms with E-state index >= 15 is 0 Å². The fourth-order valence-electron chi connectivity index (χ4n) is 2.52. The molecule has 0 saturated carbocycles. The molecule has 0 aromatic carbocycles. The smallest absolute Gasteiger partial charge is 0.222 e. The molecule has 1 saturated heterocycles. The van der Waals surface area contributed by atoms with Gasteiger partial charge < -0.3 is 15.4 Å². The molecule has 1 heterocycles. The lowest BCUT2D eigenvalue weighted by molar-refractivity contribution is -0.137. The van der Waals surface area contributed by atoms with Crippen LogP contribution in [-0.2, 0) is 9.53 Å². The number of rotatable bonds is 7. The highest BCUT2D eigenvalue weighted by Crippen LogP contribution is 2.18. The quantitative estimate of drug-likeness (QED) is 0.753. The van der Waals surface area contributed by atoms with Crippen LogP contribution in [0, 0.1) is 17.2 Å². The van der Waals surface area contributed by atoms with Crippen LogP contribution in [0.4, 0.5) is 0 Å². The summed E-state index contributed by atoms with van der Waals surface area (Å²) in [6.45, 7) is 4.32. The highest BCUT2D eigenvalue weighted by molar-refractivity contribution is 5.76. The third-order valence-electron chi connectivity index (χ3n) is 3.60. The van der Waals surface area contributed by atoms with E-state index < -0.39 is 6.10 Å². The van der Waals surface area contributed by atoms with E-state index in [0.29, 0.717) is 38.6 Å². The second-order valence-electron chi connectivity index (χ2n) is 5.10. The minimum Gasteiger partial charge on any atom is -0.360 e. The van der Waals surface area contributed by atoms with Gasteiger partial charge in [-0.2, -0.15) is 5.26 Å². The molecule has 0 spiro atoms. The molecule has 2 atom stereocenters. The summed E-state index contributed by atoms with van der Waals surface area (Å²) in [6, 6.07) is 2.06. The average Bonchev–Trinajstić information content (AvgIpc) is 2.45. The van der Waals surface area contributed by atoms with Crippen LogP contribution in [0.1, 0.15) is 39.0 Å². The molecule has 1 aliphatic heterocycles. The largest absolute Gasteiger partial charge is 0.360 e. The minimum atomic E-state index is -0.465. The first kappa shape index (κ1) is 15.9. The molecule has 1 aliphatic rings. The number of hydrogen-bond donors (Lipinski definition) is 1. The normalized spacial score (nSPS) is 20.9. The molecule has 108 valence electrons. The average molecular weight is 267 g/mol. The van der Waals surface area contributed by atoms with Gasteiger partial charge in [0.25, 0.3) is 0 Å². The Kier molecular flexibility index (Phi) is 7.46. The van der Waals surface area contributed by atoms with Crippen molar-refractivity contribution in [2.75, 3.05) is 26.2 Å². The lowest BCUT2D eigenvalue weighted by Gasteiger charge is -2.30. The van der Waals surface area contributed by atoms with Gasteiger partial charge in [0.15, 0.2) is 6.10 Å². The van der Waals surface area contributed by atoms with Crippen LogP contribution in [0.5, 0.6) is 0 Å². The molecule has 19 heavy (non-hydrogen) atoms. The second-order valence-corrected chi connectivity index (χ2v) is 5.10. The molecule has 0 aromatic heterocycles. The lowest BCUT2D eigenvalue weighted by Crippen LogP contribution is -2.45. The van der Waals surface area contributed by atoms with Crippen molar-refractivity contribution in [1.82, 2.24) is 4.90 Å².